The highest BCUT2D eigenvalue weighted by molar-refractivity contribution is 6.35. The molecule has 1 unspecified atom stereocenters. The van der Waals surface area contributed by atoms with Gasteiger partial charge < -0.3 is 10.2 Å². The van der Waals surface area contributed by atoms with Crippen LogP contribution in [0.4, 0.5) is 0 Å². The van der Waals surface area contributed by atoms with Crippen molar-refractivity contribution in [2.75, 3.05) is 0 Å². The third-order valence-electron chi connectivity index (χ3n) is 4.82. The smallest absolute Gasteiger partial charge is 0.137 e. The standard InChI is InChI=1S/C22H28Cl2O2/c1-12(2)17-9-15(22(4,5)6)8-14(20(17)25)7-13(3)18-10-16(23)11-19(24)21(18)26/h8-13,25-26H,7H2,1-6H3. The van der Waals surface area contributed by atoms with Crippen LogP contribution in [0.5, 0.6) is 11.5 Å². The average molecular weight is 395 g/mol. The summed E-state index contributed by atoms with van der Waals surface area (Å²) >= 11 is 12.2. The summed E-state index contributed by atoms with van der Waals surface area (Å²) in [5, 5.41) is 21.9. The Morgan fingerprint density at radius 3 is 2.04 bits per heavy atom. The first-order valence-corrected chi connectivity index (χ1v) is 9.71. The highest BCUT2D eigenvalue weighted by Gasteiger charge is 2.22. The Morgan fingerprint density at radius 1 is 0.885 bits per heavy atom. The second-order valence-electron chi connectivity index (χ2n) is 8.41. The van der Waals surface area contributed by atoms with Crippen LogP contribution in [0.15, 0.2) is 24.3 Å². The van der Waals surface area contributed by atoms with Gasteiger partial charge >= 0.3 is 0 Å². The fourth-order valence-corrected chi connectivity index (χ4v) is 3.66. The van der Waals surface area contributed by atoms with Gasteiger partial charge in [0.15, 0.2) is 0 Å². The first-order valence-electron chi connectivity index (χ1n) is 8.96. The molecule has 2 aromatic carbocycles. The molecule has 0 aliphatic rings. The molecule has 0 saturated carbocycles. The highest BCUT2D eigenvalue weighted by Crippen LogP contribution is 2.40. The van der Waals surface area contributed by atoms with Gasteiger partial charge in [0.1, 0.15) is 11.5 Å². The number of halogens is 2. The average Bonchev–Trinajstić information content (AvgIpc) is 2.51. The molecule has 142 valence electrons. The van der Waals surface area contributed by atoms with Crippen LogP contribution >= 0.6 is 23.2 Å². The van der Waals surface area contributed by atoms with E-state index in [4.69, 9.17) is 23.2 Å². The third-order valence-corrected chi connectivity index (χ3v) is 5.33. The van der Waals surface area contributed by atoms with Crippen LogP contribution in [0, 0.1) is 0 Å². The molecular weight excluding hydrogens is 367 g/mol. The van der Waals surface area contributed by atoms with Gasteiger partial charge in [-0.3, -0.25) is 0 Å². The van der Waals surface area contributed by atoms with Crippen molar-refractivity contribution in [1.29, 1.82) is 0 Å². The zero-order valence-corrected chi connectivity index (χ0v) is 17.8. The summed E-state index contributed by atoms with van der Waals surface area (Å²) in [7, 11) is 0. The second kappa shape index (κ2) is 7.70. The number of hydrogen-bond acceptors (Lipinski definition) is 2. The van der Waals surface area contributed by atoms with E-state index < -0.39 is 0 Å². The van der Waals surface area contributed by atoms with E-state index in [0.29, 0.717) is 22.8 Å². The molecule has 2 rings (SSSR count). The number of benzene rings is 2. The molecule has 0 aliphatic carbocycles. The first kappa shape index (κ1) is 20.9. The summed E-state index contributed by atoms with van der Waals surface area (Å²) in [6, 6.07) is 7.44. The van der Waals surface area contributed by atoms with Crippen molar-refractivity contribution in [3.8, 4) is 11.5 Å². The minimum absolute atomic E-state index is 0.0170. The summed E-state index contributed by atoms with van der Waals surface area (Å²) in [6.45, 7) is 12.7. The maximum Gasteiger partial charge on any atom is 0.137 e. The highest BCUT2D eigenvalue weighted by atomic mass is 35.5. The number of rotatable bonds is 4. The van der Waals surface area contributed by atoms with E-state index in [1.54, 1.807) is 6.07 Å². The lowest BCUT2D eigenvalue weighted by atomic mass is 9.81. The molecule has 0 aromatic heterocycles. The Kier molecular flexibility index (Phi) is 6.20. The third kappa shape index (κ3) is 4.47. The Bertz CT molecular complexity index is 805. The molecule has 0 aliphatic heterocycles. The fourth-order valence-electron chi connectivity index (χ4n) is 3.15. The molecule has 26 heavy (non-hydrogen) atoms. The first-order chi connectivity index (χ1) is 11.9. The molecule has 2 N–H and O–H groups in total. The van der Waals surface area contributed by atoms with Crippen LogP contribution in [0.1, 0.15) is 75.6 Å². The van der Waals surface area contributed by atoms with Gasteiger partial charge in [0, 0.05) is 10.6 Å². The summed E-state index contributed by atoms with van der Waals surface area (Å²) in [5.74, 6) is 0.569. The van der Waals surface area contributed by atoms with Gasteiger partial charge in [-0.2, -0.15) is 0 Å². The van der Waals surface area contributed by atoms with Crippen LogP contribution in [0.3, 0.4) is 0 Å². The van der Waals surface area contributed by atoms with E-state index >= 15 is 0 Å². The lowest BCUT2D eigenvalue weighted by molar-refractivity contribution is 0.448. The van der Waals surface area contributed by atoms with Crippen molar-refractivity contribution in [2.24, 2.45) is 0 Å². The Morgan fingerprint density at radius 2 is 1.50 bits per heavy atom. The molecule has 0 amide bonds. The van der Waals surface area contributed by atoms with E-state index in [9.17, 15) is 10.2 Å². The van der Waals surface area contributed by atoms with E-state index in [1.165, 1.54) is 11.6 Å². The van der Waals surface area contributed by atoms with Crippen LogP contribution < -0.4 is 0 Å². The Balaban J connectivity index is 2.50. The maximum absolute atomic E-state index is 10.8. The Labute approximate surface area is 166 Å². The van der Waals surface area contributed by atoms with Crippen molar-refractivity contribution < 1.29 is 10.2 Å². The summed E-state index contributed by atoms with van der Waals surface area (Å²) in [6.07, 6.45) is 0.583. The van der Waals surface area contributed by atoms with Gasteiger partial charge in [-0.15, -0.1) is 0 Å². The van der Waals surface area contributed by atoms with E-state index in [2.05, 4.69) is 46.8 Å². The normalized spacial score (nSPS) is 13.3. The zero-order chi connectivity index (χ0) is 19.8. The van der Waals surface area contributed by atoms with Gasteiger partial charge in [0.25, 0.3) is 0 Å². The largest absolute Gasteiger partial charge is 0.507 e. The van der Waals surface area contributed by atoms with E-state index in [1.807, 2.05) is 6.92 Å². The quantitative estimate of drug-likeness (QED) is 0.576. The monoisotopic (exact) mass is 394 g/mol. The Hall–Kier alpha value is -1.38. The zero-order valence-electron chi connectivity index (χ0n) is 16.3. The predicted molar refractivity (Wildman–Crippen MR) is 111 cm³/mol. The minimum Gasteiger partial charge on any atom is -0.507 e. The van der Waals surface area contributed by atoms with Crippen molar-refractivity contribution in [3.05, 3.63) is 56.6 Å². The molecule has 0 spiro atoms. The van der Waals surface area contributed by atoms with Crippen LogP contribution in [-0.2, 0) is 11.8 Å². The number of aromatic hydroxyl groups is 2. The lowest BCUT2D eigenvalue weighted by Gasteiger charge is -2.25. The van der Waals surface area contributed by atoms with Gasteiger partial charge in [-0.1, -0.05) is 76.9 Å². The van der Waals surface area contributed by atoms with Crippen molar-refractivity contribution in [1.82, 2.24) is 0 Å². The predicted octanol–water partition coefficient (Wildman–Crippen LogP) is 7.17. The molecule has 0 bridgehead atoms. The lowest BCUT2D eigenvalue weighted by Crippen LogP contribution is -2.13. The second-order valence-corrected chi connectivity index (χ2v) is 9.25. The molecule has 0 radical (unpaired) electrons. The van der Waals surface area contributed by atoms with Gasteiger partial charge in [0.2, 0.25) is 0 Å². The number of phenolic OH excluding ortho intramolecular Hbond substituents is 2. The molecule has 1 atom stereocenters. The van der Waals surface area contributed by atoms with E-state index in [0.717, 1.165) is 11.1 Å². The van der Waals surface area contributed by atoms with Gasteiger partial charge in [-0.25, -0.2) is 0 Å². The topological polar surface area (TPSA) is 40.5 Å². The molecule has 0 heterocycles. The maximum atomic E-state index is 10.8. The van der Waals surface area contributed by atoms with Gasteiger partial charge in [-0.05, 0) is 52.5 Å². The molecule has 2 aromatic rings. The van der Waals surface area contributed by atoms with Crippen molar-refractivity contribution in [3.63, 3.8) is 0 Å². The number of hydrogen-bond donors (Lipinski definition) is 2. The van der Waals surface area contributed by atoms with Crippen molar-refractivity contribution >= 4 is 23.2 Å². The summed E-state index contributed by atoms with van der Waals surface area (Å²) in [5.41, 5.74) is 3.69. The van der Waals surface area contributed by atoms with Crippen LogP contribution in [0.25, 0.3) is 0 Å². The summed E-state index contributed by atoms with van der Waals surface area (Å²) in [4.78, 5) is 0. The molecule has 4 heteroatoms. The van der Waals surface area contributed by atoms with Crippen molar-refractivity contribution in [2.45, 2.75) is 65.2 Å². The molecular formula is C22H28Cl2O2. The van der Waals surface area contributed by atoms with Crippen LogP contribution in [-0.4, -0.2) is 10.2 Å². The van der Waals surface area contributed by atoms with E-state index in [-0.39, 0.29) is 28.0 Å². The van der Waals surface area contributed by atoms with Crippen LogP contribution in [0.2, 0.25) is 10.0 Å². The molecule has 2 nitrogen and oxygen atoms in total. The minimum atomic E-state index is -0.0488. The fraction of sp³-hybridized carbons (Fsp3) is 0.455. The SMILES string of the molecule is CC(C)c1cc(C(C)(C)C)cc(CC(C)c2cc(Cl)cc(Cl)c2O)c1O. The number of phenols is 2. The molecule has 0 fully saturated rings. The van der Waals surface area contributed by atoms with Gasteiger partial charge in [0.05, 0.1) is 5.02 Å². The molecule has 0 saturated heterocycles. The summed E-state index contributed by atoms with van der Waals surface area (Å²) < 4.78 is 0.